The number of imidazole rings is 1. The van der Waals surface area contributed by atoms with Gasteiger partial charge in [0, 0.05) is 51.2 Å². The maximum atomic E-state index is 13.4. The number of halogens is 2. The Morgan fingerprint density at radius 3 is 3.04 bits per heavy atom. The molecule has 1 saturated heterocycles. The normalized spacial score (nSPS) is 17.8. The van der Waals surface area contributed by atoms with Crippen LogP contribution in [0, 0.1) is 5.82 Å². The lowest BCUT2D eigenvalue weighted by molar-refractivity contribution is 0.143. The van der Waals surface area contributed by atoms with Crippen molar-refractivity contribution in [3.63, 3.8) is 0 Å². The van der Waals surface area contributed by atoms with Gasteiger partial charge >= 0.3 is 0 Å². The highest BCUT2D eigenvalue weighted by Gasteiger charge is 2.27. The van der Waals surface area contributed by atoms with E-state index >= 15 is 0 Å². The Bertz CT molecular complexity index is 865. The van der Waals surface area contributed by atoms with Crippen LogP contribution in [0.2, 0.25) is 0 Å². The van der Waals surface area contributed by atoms with Crippen LogP contribution >= 0.6 is 12.4 Å². The summed E-state index contributed by atoms with van der Waals surface area (Å²) in [6, 6.07) is 6.47. The van der Waals surface area contributed by atoms with Crippen LogP contribution in [-0.2, 0) is 13.6 Å². The van der Waals surface area contributed by atoms with Gasteiger partial charge in [0.25, 0.3) is 0 Å². The van der Waals surface area contributed by atoms with Crippen molar-refractivity contribution in [2.24, 2.45) is 7.05 Å². The van der Waals surface area contributed by atoms with E-state index in [9.17, 15) is 4.39 Å². The van der Waals surface area contributed by atoms with Crippen molar-refractivity contribution >= 4 is 12.4 Å². The minimum Gasteiger partial charge on any atom is -0.444 e. The first kappa shape index (κ1) is 18.6. The average molecular weight is 378 g/mol. The van der Waals surface area contributed by atoms with Gasteiger partial charge < -0.3 is 14.3 Å². The maximum absolute atomic E-state index is 13.4. The van der Waals surface area contributed by atoms with E-state index in [0.717, 1.165) is 31.2 Å². The molecule has 26 heavy (non-hydrogen) atoms. The number of aryl methyl sites for hydroxylation is 1. The Labute approximate surface area is 157 Å². The van der Waals surface area contributed by atoms with Gasteiger partial charge in [-0.05, 0) is 18.2 Å². The lowest BCUT2D eigenvalue weighted by atomic mass is 10.1. The number of benzene rings is 1. The molecule has 4 rings (SSSR count). The molecule has 138 valence electrons. The van der Waals surface area contributed by atoms with Crippen molar-refractivity contribution in [1.82, 2.24) is 24.8 Å². The van der Waals surface area contributed by atoms with Crippen LogP contribution in [0.25, 0.3) is 11.5 Å². The third-order valence-corrected chi connectivity index (χ3v) is 4.50. The fraction of sp³-hybridized carbons (Fsp3) is 0.333. The minimum atomic E-state index is -0.297. The standard InChI is InChI=1S/C18H20FN5O.ClH/c1-23-7-6-21-17(23)16-10-20-5-8-24(16)11-15-12-25-18(22-15)13-3-2-4-14(19)9-13;/h2-4,6-7,9,12,16,20H,5,8,10-11H2,1H3;1H. The molecule has 0 bridgehead atoms. The number of nitrogens with one attached hydrogen (secondary N) is 1. The van der Waals surface area contributed by atoms with Crippen molar-refractivity contribution in [2.75, 3.05) is 19.6 Å². The summed E-state index contributed by atoms with van der Waals surface area (Å²) < 4.78 is 21.0. The first-order chi connectivity index (χ1) is 12.2. The predicted molar refractivity (Wildman–Crippen MR) is 98.4 cm³/mol. The van der Waals surface area contributed by atoms with E-state index in [2.05, 4.69) is 20.2 Å². The molecule has 8 heteroatoms. The molecule has 1 fully saturated rings. The molecule has 2 aromatic heterocycles. The molecular weight excluding hydrogens is 357 g/mol. The number of rotatable bonds is 4. The second-order valence-electron chi connectivity index (χ2n) is 6.24. The molecule has 1 aliphatic heterocycles. The molecule has 0 radical (unpaired) electrons. The van der Waals surface area contributed by atoms with Gasteiger partial charge in [0.2, 0.25) is 5.89 Å². The van der Waals surface area contributed by atoms with Gasteiger partial charge in [0.15, 0.2) is 0 Å². The van der Waals surface area contributed by atoms with Crippen LogP contribution in [0.3, 0.4) is 0 Å². The molecule has 3 aromatic rings. The van der Waals surface area contributed by atoms with E-state index in [1.807, 2.05) is 24.0 Å². The Morgan fingerprint density at radius 2 is 2.27 bits per heavy atom. The van der Waals surface area contributed by atoms with Gasteiger partial charge in [-0.3, -0.25) is 4.90 Å². The summed E-state index contributed by atoms with van der Waals surface area (Å²) in [5, 5.41) is 3.42. The fourth-order valence-corrected chi connectivity index (χ4v) is 3.23. The van der Waals surface area contributed by atoms with Gasteiger partial charge in [-0.15, -0.1) is 12.4 Å². The third-order valence-electron chi connectivity index (χ3n) is 4.50. The zero-order chi connectivity index (χ0) is 17.2. The maximum Gasteiger partial charge on any atom is 0.226 e. The van der Waals surface area contributed by atoms with Crippen LogP contribution in [0.15, 0.2) is 47.3 Å². The van der Waals surface area contributed by atoms with E-state index in [1.54, 1.807) is 18.4 Å². The lowest BCUT2D eigenvalue weighted by Crippen LogP contribution is -2.46. The second-order valence-corrected chi connectivity index (χ2v) is 6.24. The number of nitrogens with zero attached hydrogens (tertiary/aromatic N) is 4. The number of hydrogen-bond acceptors (Lipinski definition) is 5. The van der Waals surface area contributed by atoms with Crippen molar-refractivity contribution in [3.05, 3.63) is 60.3 Å². The third kappa shape index (κ3) is 3.80. The van der Waals surface area contributed by atoms with E-state index in [-0.39, 0.29) is 24.3 Å². The largest absolute Gasteiger partial charge is 0.444 e. The van der Waals surface area contributed by atoms with Crippen molar-refractivity contribution in [2.45, 2.75) is 12.6 Å². The summed E-state index contributed by atoms with van der Waals surface area (Å²) in [6.07, 6.45) is 5.43. The quantitative estimate of drug-likeness (QED) is 0.757. The van der Waals surface area contributed by atoms with E-state index in [1.165, 1.54) is 12.1 Å². The van der Waals surface area contributed by atoms with Gasteiger partial charge in [-0.2, -0.15) is 0 Å². The SMILES string of the molecule is Cl.Cn1ccnc1C1CNCCN1Cc1coc(-c2cccc(F)c2)n1. The van der Waals surface area contributed by atoms with Gasteiger partial charge in [-0.1, -0.05) is 6.07 Å². The first-order valence-electron chi connectivity index (χ1n) is 8.33. The predicted octanol–water partition coefficient (Wildman–Crippen LogP) is 2.78. The summed E-state index contributed by atoms with van der Waals surface area (Å²) >= 11 is 0. The number of oxazole rings is 1. The van der Waals surface area contributed by atoms with E-state index < -0.39 is 0 Å². The molecule has 6 nitrogen and oxygen atoms in total. The molecule has 1 unspecified atom stereocenters. The molecule has 1 N–H and O–H groups in total. The van der Waals surface area contributed by atoms with Crippen molar-refractivity contribution < 1.29 is 8.81 Å². The van der Waals surface area contributed by atoms with Crippen LogP contribution in [0.5, 0.6) is 0 Å². The summed E-state index contributed by atoms with van der Waals surface area (Å²) in [6.45, 7) is 3.34. The topological polar surface area (TPSA) is 59.1 Å². The summed E-state index contributed by atoms with van der Waals surface area (Å²) in [4.78, 5) is 11.4. The number of piperazine rings is 1. The molecule has 1 aliphatic rings. The summed E-state index contributed by atoms with van der Waals surface area (Å²) in [5.74, 6) is 1.17. The molecule has 0 spiro atoms. The molecule has 0 saturated carbocycles. The Morgan fingerprint density at radius 1 is 1.38 bits per heavy atom. The van der Waals surface area contributed by atoms with Gasteiger partial charge in [-0.25, -0.2) is 14.4 Å². The smallest absolute Gasteiger partial charge is 0.226 e. The fourth-order valence-electron chi connectivity index (χ4n) is 3.23. The molecule has 0 aliphatic carbocycles. The number of hydrogen-bond donors (Lipinski definition) is 1. The molecule has 0 amide bonds. The minimum absolute atomic E-state index is 0. The highest BCUT2D eigenvalue weighted by Crippen LogP contribution is 2.24. The van der Waals surface area contributed by atoms with Crippen LogP contribution < -0.4 is 5.32 Å². The Kier molecular flexibility index (Phi) is 5.70. The van der Waals surface area contributed by atoms with Crippen LogP contribution in [0.4, 0.5) is 4.39 Å². The zero-order valence-corrected chi connectivity index (χ0v) is 15.2. The lowest BCUT2D eigenvalue weighted by Gasteiger charge is -2.35. The van der Waals surface area contributed by atoms with E-state index in [0.29, 0.717) is 18.0 Å². The number of aromatic nitrogens is 3. The van der Waals surface area contributed by atoms with Crippen molar-refractivity contribution in [1.29, 1.82) is 0 Å². The van der Waals surface area contributed by atoms with Gasteiger partial charge in [0.1, 0.15) is 17.9 Å². The van der Waals surface area contributed by atoms with Crippen LogP contribution in [0.1, 0.15) is 17.6 Å². The molecule has 3 heterocycles. The second kappa shape index (κ2) is 7.99. The highest BCUT2D eigenvalue weighted by atomic mass is 35.5. The van der Waals surface area contributed by atoms with Gasteiger partial charge in [0.05, 0.1) is 11.7 Å². The molecule has 1 aromatic carbocycles. The first-order valence-corrected chi connectivity index (χ1v) is 8.33. The van der Waals surface area contributed by atoms with Crippen molar-refractivity contribution in [3.8, 4) is 11.5 Å². The summed E-state index contributed by atoms with van der Waals surface area (Å²) in [5.41, 5.74) is 1.48. The monoisotopic (exact) mass is 377 g/mol. The average Bonchev–Trinajstić information content (AvgIpc) is 3.25. The van der Waals surface area contributed by atoms with Crippen LogP contribution in [-0.4, -0.2) is 39.1 Å². The highest BCUT2D eigenvalue weighted by molar-refractivity contribution is 5.85. The van der Waals surface area contributed by atoms with E-state index in [4.69, 9.17) is 4.42 Å². The molecular formula is C18H21ClFN5O. The Hall–Kier alpha value is -2.22. The summed E-state index contributed by atoms with van der Waals surface area (Å²) in [7, 11) is 2.01. The zero-order valence-electron chi connectivity index (χ0n) is 14.4. The Balaban J connectivity index is 0.00000196. The molecule has 1 atom stereocenters.